The summed E-state index contributed by atoms with van der Waals surface area (Å²) in [7, 11) is 0. The minimum absolute atomic E-state index is 0.228. The number of aryl methyl sites for hydroxylation is 1. The zero-order chi connectivity index (χ0) is 25.0. The molecule has 184 valence electrons. The summed E-state index contributed by atoms with van der Waals surface area (Å²) in [5, 5.41) is 14.1. The largest absolute Gasteiger partial charge is 0.494 e. The van der Waals surface area contributed by atoms with Gasteiger partial charge in [-0.05, 0) is 50.5 Å². The van der Waals surface area contributed by atoms with Crippen LogP contribution in [0.3, 0.4) is 0 Å². The molecule has 35 heavy (non-hydrogen) atoms. The molecule has 0 radical (unpaired) electrons. The van der Waals surface area contributed by atoms with Gasteiger partial charge in [-0.25, -0.2) is 9.78 Å². The predicted octanol–water partition coefficient (Wildman–Crippen LogP) is 5.28. The van der Waals surface area contributed by atoms with Crippen molar-refractivity contribution < 1.29 is 24.2 Å². The summed E-state index contributed by atoms with van der Waals surface area (Å²) >= 11 is 7.30. The highest BCUT2D eigenvalue weighted by Crippen LogP contribution is 2.32. The van der Waals surface area contributed by atoms with Crippen LogP contribution in [0.15, 0.2) is 42.5 Å². The van der Waals surface area contributed by atoms with Crippen molar-refractivity contribution in [3.63, 3.8) is 0 Å². The van der Waals surface area contributed by atoms with E-state index in [1.54, 1.807) is 12.1 Å². The summed E-state index contributed by atoms with van der Waals surface area (Å²) in [6.07, 6.45) is 1.45. The van der Waals surface area contributed by atoms with Gasteiger partial charge < -0.3 is 19.9 Å². The van der Waals surface area contributed by atoms with E-state index in [0.717, 1.165) is 28.1 Å². The summed E-state index contributed by atoms with van der Waals surface area (Å²) in [5.74, 6) is -0.527. The van der Waals surface area contributed by atoms with Crippen LogP contribution in [-0.4, -0.2) is 40.8 Å². The first kappa shape index (κ1) is 25.2. The molecule has 1 aliphatic rings. The number of nitrogens with one attached hydrogen (secondary N) is 1. The fraction of sp³-hybridized carbons (Fsp3) is 0.346. The van der Waals surface area contributed by atoms with Crippen LogP contribution >= 0.6 is 22.9 Å². The second kappa shape index (κ2) is 10.8. The van der Waals surface area contributed by atoms with Crippen LogP contribution < -0.4 is 10.1 Å². The maximum atomic E-state index is 13.0. The van der Waals surface area contributed by atoms with Gasteiger partial charge in [0.1, 0.15) is 15.6 Å². The number of ether oxygens (including phenoxy) is 2. The van der Waals surface area contributed by atoms with E-state index in [2.05, 4.69) is 10.3 Å². The molecule has 2 heterocycles. The number of rotatable bonds is 9. The number of amides is 1. The number of carbonyl (C=O) groups is 2. The number of carboxylic acids is 1. The molecule has 7 nitrogen and oxygen atoms in total. The van der Waals surface area contributed by atoms with Crippen LogP contribution in [0.1, 0.15) is 46.3 Å². The molecule has 0 spiro atoms. The zero-order valence-electron chi connectivity index (χ0n) is 19.6. The van der Waals surface area contributed by atoms with Crippen molar-refractivity contribution in [3.8, 4) is 16.3 Å². The van der Waals surface area contributed by atoms with E-state index in [1.807, 2.05) is 44.2 Å². The molecule has 4 rings (SSSR count). The molecule has 1 aromatic heterocycles. The third kappa shape index (κ3) is 5.66. The van der Waals surface area contributed by atoms with E-state index in [9.17, 15) is 14.7 Å². The molecule has 1 unspecified atom stereocenters. The molecule has 0 bridgehead atoms. The summed E-state index contributed by atoms with van der Waals surface area (Å²) in [6.45, 7) is 4.85. The van der Waals surface area contributed by atoms with E-state index >= 15 is 0 Å². The van der Waals surface area contributed by atoms with Crippen molar-refractivity contribution in [2.24, 2.45) is 0 Å². The second-order valence-electron chi connectivity index (χ2n) is 8.43. The number of aliphatic carboxylic acids is 1. The van der Waals surface area contributed by atoms with Gasteiger partial charge in [-0.15, -0.1) is 11.3 Å². The molecule has 0 saturated carbocycles. The van der Waals surface area contributed by atoms with Gasteiger partial charge >= 0.3 is 5.97 Å². The summed E-state index contributed by atoms with van der Waals surface area (Å²) in [6, 6.07) is 12.9. The molecule has 3 aromatic rings. The molecule has 9 heteroatoms. The second-order valence-corrected chi connectivity index (χ2v) is 9.86. The number of carboxylic acid groups (broad SMARTS) is 1. The average molecular weight is 515 g/mol. The van der Waals surface area contributed by atoms with Crippen LogP contribution in [0, 0.1) is 6.92 Å². The SMILES string of the molecule is CCOc1ccc(CC2(C(=O)O)CCCO2)cc1CNC(=O)c1sc(-c2ccc(Cl)cc2)nc1C. The third-order valence-corrected chi connectivity index (χ3v) is 7.40. The number of halogens is 1. The number of hydrogen-bond acceptors (Lipinski definition) is 6. The fourth-order valence-corrected chi connectivity index (χ4v) is 5.28. The number of aromatic nitrogens is 1. The lowest BCUT2D eigenvalue weighted by molar-refractivity contribution is -0.159. The standard InChI is InChI=1S/C26H27ClN2O5S/c1-3-33-21-10-5-17(14-26(25(31)32)11-4-12-34-26)13-19(21)15-28-23(30)22-16(2)29-24(35-22)18-6-8-20(27)9-7-18/h5-10,13H,3-4,11-12,14-15H2,1-2H3,(H,28,30)(H,31,32). The van der Waals surface area contributed by atoms with Crippen LogP contribution in [0.5, 0.6) is 5.75 Å². The quantitative estimate of drug-likeness (QED) is 0.403. The Morgan fingerprint density at radius 1 is 1.26 bits per heavy atom. The van der Waals surface area contributed by atoms with Gasteiger partial charge in [-0.2, -0.15) is 0 Å². The molecular formula is C26H27ClN2O5S. The molecular weight excluding hydrogens is 488 g/mol. The zero-order valence-corrected chi connectivity index (χ0v) is 21.2. The van der Waals surface area contributed by atoms with Crippen molar-refractivity contribution in [1.82, 2.24) is 10.3 Å². The minimum Gasteiger partial charge on any atom is -0.494 e. The minimum atomic E-state index is -1.20. The average Bonchev–Trinajstić information content (AvgIpc) is 3.47. The fourth-order valence-electron chi connectivity index (χ4n) is 4.17. The number of hydrogen-bond donors (Lipinski definition) is 2. The Bertz CT molecular complexity index is 1220. The smallest absolute Gasteiger partial charge is 0.336 e. The number of nitrogens with zero attached hydrogens (tertiary/aromatic N) is 1. The Balaban J connectivity index is 1.51. The van der Waals surface area contributed by atoms with E-state index in [-0.39, 0.29) is 18.9 Å². The molecule has 2 aromatic carbocycles. The van der Waals surface area contributed by atoms with Crippen molar-refractivity contribution >= 4 is 34.8 Å². The summed E-state index contributed by atoms with van der Waals surface area (Å²) in [5.41, 5.74) is 1.94. The first-order chi connectivity index (χ1) is 16.8. The Hall–Kier alpha value is -2.94. The van der Waals surface area contributed by atoms with Crippen LogP contribution in [0.4, 0.5) is 0 Å². The molecule has 1 atom stereocenters. The molecule has 0 aliphatic carbocycles. The predicted molar refractivity (Wildman–Crippen MR) is 135 cm³/mol. The van der Waals surface area contributed by atoms with Crippen molar-refractivity contribution in [2.45, 2.75) is 45.3 Å². The Morgan fingerprint density at radius 3 is 2.69 bits per heavy atom. The van der Waals surface area contributed by atoms with Crippen molar-refractivity contribution in [1.29, 1.82) is 0 Å². The lowest BCUT2D eigenvalue weighted by Crippen LogP contribution is -2.40. The Labute approximate surface area is 213 Å². The van der Waals surface area contributed by atoms with Crippen LogP contribution in [0.2, 0.25) is 5.02 Å². The molecule has 1 saturated heterocycles. The Kier molecular flexibility index (Phi) is 7.74. The van der Waals surface area contributed by atoms with Gasteiger partial charge in [-0.1, -0.05) is 35.9 Å². The van der Waals surface area contributed by atoms with Crippen molar-refractivity contribution in [3.05, 3.63) is 69.2 Å². The maximum Gasteiger partial charge on any atom is 0.336 e. The monoisotopic (exact) mass is 514 g/mol. The highest BCUT2D eigenvalue weighted by atomic mass is 35.5. The van der Waals surface area contributed by atoms with Gasteiger partial charge in [0.25, 0.3) is 5.91 Å². The number of thiazole rings is 1. The highest BCUT2D eigenvalue weighted by molar-refractivity contribution is 7.17. The normalized spacial score (nSPS) is 17.3. The first-order valence-corrected chi connectivity index (χ1v) is 12.6. The highest BCUT2D eigenvalue weighted by Gasteiger charge is 2.43. The van der Waals surface area contributed by atoms with E-state index in [4.69, 9.17) is 21.1 Å². The van der Waals surface area contributed by atoms with E-state index in [1.165, 1.54) is 11.3 Å². The van der Waals surface area contributed by atoms with E-state index < -0.39 is 11.6 Å². The summed E-state index contributed by atoms with van der Waals surface area (Å²) in [4.78, 5) is 30.0. The number of benzene rings is 2. The first-order valence-electron chi connectivity index (χ1n) is 11.4. The molecule has 1 aliphatic heterocycles. The third-order valence-electron chi connectivity index (χ3n) is 5.94. The van der Waals surface area contributed by atoms with Gasteiger partial charge in [0.05, 0.1) is 12.3 Å². The number of carbonyl (C=O) groups excluding carboxylic acids is 1. The van der Waals surface area contributed by atoms with Crippen LogP contribution in [-0.2, 0) is 22.5 Å². The van der Waals surface area contributed by atoms with E-state index in [0.29, 0.717) is 41.0 Å². The summed E-state index contributed by atoms with van der Waals surface area (Å²) < 4.78 is 11.4. The lowest BCUT2D eigenvalue weighted by Gasteiger charge is -2.24. The van der Waals surface area contributed by atoms with Crippen LogP contribution in [0.25, 0.3) is 10.6 Å². The van der Waals surface area contributed by atoms with Crippen molar-refractivity contribution in [2.75, 3.05) is 13.2 Å². The molecule has 1 amide bonds. The maximum absolute atomic E-state index is 13.0. The lowest BCUT2D eigenvalue weighted by atomic mass is 9.91. The Morgan fingerprint density at radius 2 is 2.03 bits per heavy atom. The topological polar surface area (TPSA) is 97.8 Å². The van der Waals surface area contributed by atoms with Gasteiger partial charge in [0, 0.05) is 35.7 Å². The van der Waals surface area contributed by atoms with Gasteiger partial charge in [0.15, 0.2) is 5.60 Å². The molecule has 1 fully saturated rings. The van der Waals surface area contributed by atoms with Gasteiger partial charge in [0.2, 0.25) is 0 Å². The molecule has 2 N–H and O–H groups in total. The van der Waals surface area contributed by atoms with Gasteiger partial charge in [-0.3, -0.25) is 4.79 Å².